The van der Waals surface area contributed by atoms with E-state index in [1.165, 1.54) is 6.92 Å². The van der Waals surface area contributed by atoms with Gasteiger partial charge in [-0.05, 0) is 29.3 Å². The molecular weight excluding hydrogens is 340 g/mol. The van der Waals surface area contributed by atoms with Crippen molar-refractivity contribution in [1.82, 2.24) is 4.98 Å². The van der Waals surface area contributed by atoms with Crippen LogP contribution in [0, 0.1) is 0 Å². The van der Waals surface area contributed by atoms with Crippen molar-refractivity contribution in [2.24, 2.45) is 0 Å². The van der Waals surface area contributed by atoms with Gasteiger partial charge in [0.05, 0.1) is 12.2 Å². The molecule has 5 nitrogen and oxygen atoms in total. The fourth-order valence-corrected chi connectivity index (χ4v) is 3.33. The first-order valence-corrected chi connectivity index (χ1v) is 8.70. The van der Waals surface area contributed by atoms with Gasteiger partial charge in [0, 0.05) is 30.4 Å². The molecule has 0 N–H and O–H groups in total. The number of hydrogen-bond acceptors (Lipinski definition) is 4. The number of anilines is 1. The average Bonchev–Trinajstić information content (AvgIpc) is 2.94. The van der Waals surface area contributed by atoms with Crippen molar-refractivity contribution in [1.29, 1.82) is 0 Å². The lowest BCUT2D eigenvalue weighted by atomic mass is 10.0. The van der Waals surface area contributed by atoms with Crippen LogP contribution in [0.5, 0.6) is 0 Å². The SMILES string of the molecule is CC(=O)OC1C(=O)N(Cc2ccccc2)c2ccc(-c3cccnc3)cc21. The summed E-state index contributed by atoms with van der Waals surface area (Å²) in [7, 11) is 0. The Morgan fingerprint density at radius 1 is 1.07 bits per heavy atom. The monoisotopic (exact) mass is 358 g/mol. The van der Waals surface area contributed by atoms with Gasteiger partial charge in [-0.15, -0.1) is 0 Å². The van der Waals surface area contributed by atoms with Gasteiger partial charge < -0.3 is 9.64 Å². The number of amides is 1. The predicted molar refractivity (Wildman–Crippen MR) is 102 cm³/mol. The number of aromatic nitrogens is 1. The molecule has 1 amide bonds. The first-order chi connectivity index (χ1) is 13.1. The second-order valence-corrected chi connectivity index (χ2v) is 6.41. The van der Waals surface area contributed by atoms with Crippen LogP contribution in [0.2, 0.25) is 0 Å². The molecule has 2 aromatic carbocycles. The molecular formula is C22H18N2O3. The van der Waals surface area contributed by atoms with Crippen LogP contribution in [0.1, 0.15) is 24.2 Å². The van der Waals surface area contributed by atoms with E-state index in [9.17, 15) is 9.59 Å². The van der Waals surface area contributed by atoms with E-state index in [1.54, 1.807) is 17.3 Å². The summed E-state index contributed by atoms with van der Waals surface area (Å²) in [5, 5.41) is 0. The number of pyridine rings is 1. The number of benzene rings is 2. The Bertz CT molecular complexity index is 987. The lowest BCUT2D eigenvalue weighted by Gasteiger charge is -2.18. The van der Waals surface area contributed by atoms with Crippen LogP contribution in [-0.4, -0.2) is 16.9 Å². The number of ether oxygens (including phenoxy) is 1. The molecule has 1 aliphatic rings. The molecule has 4 rings (SSSR count). The fourth-order valence-electron chi connectivity index (χ4n) is 3.33. The Morgan fingerprint density at radius 2 is 1.89 bits per heavy atom. The molecule has 3 aromatic rings. The number of fused-ring (bicyclic) bond motifs is 1. The minimum atomic E-state index is -0.919. The summed E-state index contributed by atoms with van der Waals surface area (Å²) in [6, 6.07) is 19.3. The van der Waals surface area contributed by atoms with Crippen LogP contribution in [0.4, 0.5) is 5.69 Å². The highest BCUT2D eigenvalue weighted by Gasteiger charge is 2.39. The number of rotatable bonds is 4. The van der Waals surface area contributed by atoms with Crippen molar-refractivity contribution >= 4 is 17.6 Å². The minimum absolute atomic E-state index is 0.229. The molecule has 0 spiro atoms. The van der Waals surface area contributed by atoms with Crippen LogP contribution in [0.3, 0.4) is 0 Å². The van der Waals surface area contributed by atoms with Crippen LogP contribution >= 0.6 is 0 Å². The molecule has 0 saturated carbocycles. The Balaban J connectivity index is 1.75. The first-order valence-electron chi connectivity index (χ1n) is 8.70. The lowest BCUT2D eigenvalue weighted by molar-refractivity contribution is -0.152. The summed E-state index contributed by atoms with van der Waals surface area (Å²) >= 11 is 0. The van der Waals surface area contributed by atoms with Gasteiger partial charge in [0.25, 0.3) is 5.91 Å². The van der Waals surface area contributed by atoms with Gasteiger partial charge in [-0.2, -0.15) is 0 Å². The van der Waals surface area contributed by atoms with E-state index in [4.69, 9.17) is 4.74 Å². The van der Waals surface area contributed by atoms with Gasteiger partial charge >= 0.3 is 5.97 Å². The summed E-state index contributed by atoms with van der Waals surface area (Å²) in [6.07, 6.45) is 2.56. The molecule has 1 unspecified atom stereocenters. The number of carbonyl (C=O) groups is 2. The largest absolute Gasteiger partial charge is 0.447 e. The molecule has 0 aliphatic carbocycles. The lowest BCUT2D eigenvalue weighted by Crippen LogP contribution is -2.29. The standard InChI is InChI=1S/C22H18N2O3/c1-15(25)27-21-19-12-17(18-8-5-11-23-13-18)9-10-20(19)24(22(21)26)14-16-6-3-2-4-7-16/h2-13,21H,14H2,1H3. The number of nitrogens with zero attached hydrogens (tertiary/aromatic N) is 2. The summed E-state index contributed by atoms with van der Waals surface area (Å²) < 4.78 is 5.36. The predicted octanol–water partition coefficient (Wildman–Crippen LogP) is 3.90. The third kappa shape index (κ3) is 3.31. The maximum absolute atomic E-state index is 13.0. The van der Waals surface area contributed by atoms with Crippen molar-refractivity contribution in [2.45, 2.75) is 19.6 Å². The Hall–Kier alpha value is -3.47. The highest BCUT2D eigenvalue weighted by Crippen LogP contribution is 2.41. The smallest absolute Gasteiger partial charge is 0.303 e. The van der Waals surface area contributed by atoms with E-state index < -0.39 is 12.1 Å². The van der Waals surface area contributed by atoms with Crippen molar-refractivity contribution < 1.29 is 14.3 Å². The van der Waals surface area contributed by atoms with Crippen molar-refractivity contribution in [3.63, 3.8) is 0 Å². The van der Waals surface area contributed by atoms with Gasteiger partial charge in [0.1, 0.15) is 0 Å². The molecule has 0 bridgehead atoms. The molecule has 27 heavy (non-hydrogen) atoms. The van der Waals surface area contributed by atoms with Crippen molar-refractivity contribution in [3.8, 4) is 11.1 Å². The summed E-state index contributed by atoms with van der Waals surface area (Å²) in [6.45, 7) is 1.74. The van der Waals surface area contributed by atoms with E-state index in [0.717, 1.165) is 22.4 Å². The summed E-state index contributed by atoms with van der Waals surface area (Å²) in [5.41, 5.74) is 4.34. The molecule has 1 aromatic heterocycles. The van der Waals surface area contributed by atoms with Crippen molar-refractivity contribution in [2.75, 3.05) is 4.90 Å². The van der Waals surface area contributed by atoms with E-state index in [2.05, 4.69) is 4.98 Å². The van der Waals surface area contributed by atoms with E-state index in [-0.39, 0.29) is 5.91 Å². The first kappa shape index (κ1) is 17.0. The highest BCUT2D eigenvalue weighted by molar-refractivity contribution is 6.05. The fraction of sp³-hybridized carbons (Fsp3) is 0.136. The quantitative estimate of drug-likeness (QED) is 0.664. The zero-order valence-electron chi connectivity index (χ0n) is 14.8. The molecule has 1 aliphatic heterocycles. The Labute approximate surface area is 157 Å². The zero-order chi connectivity index (χ0) is 18.8. The zero-order valence-corrected chi connectivity index (χ0v) is 14.8. The second kappa shape index (κ2) is 7.03. The van der Waals surface area contributed by atoms with E-state index in [0.29, 0.717) is 12.1 Å². The number of carbonyl (C=O) groups excluding carboxylic acids is 2. The van der Waals surface area contributed by atoms with E-state index >= 15 is 0 Å². The van der Waals surface area contributed by atoms with Crippen LogP contribution in [-0.2, 0) is 20.9 Å². The normalized spacial score (nSPS) is 15.5. The van der Waals surface area contributed by atoms with Gasteiger partial charge in [0.15, 0.2) is 0 Å². The van der Waals surface area contributed by atoms with Gasteiger partial charge in [0.2, 0.25) is 6.10 Å². The third-order valence-electron chi connectivity index (χ3n) is 4.55. The van der Waals surface area contributed by atoms with Crippen molar-refractivity contribution in [3.05, 3.63) is 84.2 Å². The Kier molecular flexibility index (Phi) is 4.42. The van der Waals surface area contributed by atoms with Gasteiger partial charge in [-0.25, -0.2) is 0 Å². The van der Waals surface area contributed by atoms with Crippen LogP contribution in [0.15, 0.2) is 73.1 Å². The minimum Gasteiger partial charge on any atom is -0.447 e. The number of hydrogen-bond donors (Lipinski definition) is 0. The molecule has 5 heteroatoms. The maximum atomic E-state index is 13.0. The Morgan fingerprint density at radius 3 is 2.59 bits per heavy atom. The van der Waals surface area contributed by atoms with Crippen LogP contribution < -0.4 is 4.90 Å². The molecule has 2 heterocycles. The molecule has 1 atom stereocenters. The summed E-state index contributed by atoms with van der Waals surface area (Å²) in [5.74, 6) is -0.708. The van der Waals surface area contributed by atoms with Crippen LogP contribution in [0.25, 0.3) is 11.1 Å². The highest BCUT2D eigenvalue weighted by atomic mass is 16.5. The topological polar surface area (TPSA) is 59.5 Å². The molecule has 0 fully saturated rings. The maximum Gasteiger partial charge on any atom is 0.303 e. The number of esters is 1. The van der Waals surface area contributed by atoms with E-state index in [1.807, 2.05) is 60.7 Å². The van der Waals surface area contributed by atoms with Gasteiger partial charge in [-0.1, -0.05) is 42.5 Å². The second-order valence-electron chi connectivity index (χ2n) is 6.41. The average molecular weight is 358 g/mol. The molecule has 0 saturated heterocycles. The molecule has 134 valence electrons. The molecule has 0 radical (unpaired) electrons. The van der Waals surface area contributed by atoms with Gasteiger partial charge in [-0.3, -0.25) is 14.6 Å². The third-order valence-corrected chi connectivity index (χ3v) is 4.55. The summed E-state index contributed by atoms with van der Waals surface area (Å²) in [4.78, 5) is 30.4.